The number of rotatable bonds is 3. The van der Waals surface area contributed by atoms with Crippen molar-refractivity contribution in [3.8, 4) is 0 Å². The number of piperidine rings is 1. The summed E-state index contributed by atoms with van der Waals surface area (Å²) in [5.74, 6) is 2.70. The lowest BCUT2D eigenvalue weighted by molar-refractivity contribution is 0.363. The summed E-state index contributed by atoms with van der Waals surface area (Å²) in [5.41, 5.74) is 1.23. The first kappa shape index (κ1) is 10.3. The quantitative estimate of drug-likeness (QED) is 0.850. The molecule has 0 aromatic carbocycles. The van der Waals surface area contributed by atoms with E-state index in [1.54, 1.807) is 0 Å². The molecule has 1 aromatic rings. The predicted molar refractivity (Wildman–Crippen MR) is 62.6 cm³/mol. The summed E-state index contributed by atoms with van der Waals surface area (Å²) in [7, 11) is 0. The summed E-state index contributed by atoms with van der Waals surface area (Å²) in [6.45, 7) is 3.21. The Labute approximate surface area is 96.6 Å². The summed E-state index contributed by atoms with van der Waals surface area (Å²) in [6.07, 6.45) is 7.48. The molecule has 2 aliphatic rings. The maximum atomic E-state index is 5.77. The topological polar surface area (TPSA) is 38.1 Å². The highest BCUT2D eigenvalue weighted by molar-refractivity contribution is 5.19. The number of aryl methyl sites for hydroxylation is 1. The van der Waals surface area contributed by atoms with Crippen LogP contribution in [0.4, 0.5) is 0 Å². The number of oxazole rings is 1. The van der Waals surface area contributed by atoms with Crippen molar-refractivity contribution < 1.29 is 4.42 Å². The van der Waals surface area contributed by atoms with Gasteiger partial charge in [-0.3, -0.25) is 0 Å². The van der Waals surface area contributed by atoms with E-state index in [1.165, 1.54) is 37.8 Å². The van der Waals surface area contributed by atoms with Gasteiger partial charge in [-0.1, -0.05) is 6.42 Å². The van der Waals surface area contributed by atoms with Gasteiger partial charge in [0, 0.05) is 18.4 Å². The van der Waals surface area contributed by atoms with Crippen molar-refractivity contribution in [2.24, 2.45) is 0 Å². The van der Waals surface area contributed by atoms with E-state index in [-0.39, 0.29) is 0 Å². The molecule has 0 radical (unpaired) electrons. The van der Waals surface area contributed by atoms with Gasteiger partial charge < -0.3 is 9.73 Å². The predicted octanol–water partition coefficient (Wildman–Crippen LogP) is 2.55. The highest BCUT2D eigenvalue weighted by Crippen LogP contribution is 2.41. The van der Waals surface area contributed by atoms with Gasteiger partial charge in [-0.2, -0.15) is 0 Å². The molecule has 1 aromatic heterocycles. The Bertz CT molecular complexity index is 362. The van der Waals surface area contributed by atoms with E-state index in [0.29, 0.717) is 12.0 Å². The standard InChI is InChI=1S/C13H20N2O/c1-9-13(10-5-6-10)15-12(16-9)8-11-4-2-3-7-14-11/h10-11,14H,2-8H2,1H3. The molecular formula is C13H20N2O. The first-order valence-electron chi connectivity index (χ1n) is 6.52. The lowest BCUT2D eigenvalue weighted by Crippen LogP contribution is -2.35. The second kappa shape index (κ2) is 4.21. The smallest absolute Gasteiger partial charge is 0.196 e. The van der Waals surface area contributed by atoms with E-state index in [4.69, 9.17) is 4.42 Å². The van der Waals surface area contributed by atoms with Crippen molar-refractivity contribution in [2.75, 3.05) is 6.54 Å². The third-order valence-corrected chi connectivity index (χ3v) is 3.67. The summed E-state index contributed by atoms with van der Waals surface area (Å²) >= 11 is 0. The van der Waals surface area contributed by atoms with E-state index in [2.05, 4.69) is 17.2 Å². The molecule has 0 amide bonds. The maximum absolute atomic E-state index is 5.77. The largest absolute Gasteiger partial charge is 0.446 e. The molecule has 1 saturated heterocycles. The SMILES string of the molecule is Cc1oc(CC2CCCCN2)nc1C1CC1. The van der Waals surface area contributed by atoms with E-state index in [1.807, 2.05) is 0 Å². The Morgan fingerprint density at radius 1 is 1.31 bits per heavy atom. The zero-order chi connectivity index (χ0) is 11.0. The average molecular weight is 220 g/mol. The monoisotopic (exact) mass is 220 g/mol. The molecule has 1 unspecified atom stereocenters. The van der Waals surface area contributed by atoms with Crippen LogP contribution in [0.2, 0.25) is 0 Å². The van der Waals surface area contributed by atoms with Crippen LogP contribution in [0.5, 0.6) is 0 Å². The summed E-state index contributed by atoms with van der Waals surface area (Å²) in [5, 5.41) is 3.54. The van der Waals surface area contributed by atoms with Crippen LogP contribution in [0, 0.1) is 6.92 Å². The third kappa shape index (κ3) is 2.14. The highest BCUT2D eigenvalue weighted by Gasteiger charge is 2.29. The Balaban J connectivity index is 1.66. The lowest BCUT2D eigenvalue weighted by atomic mass is 10.0. The van der Waals surface area contributed by atoms with Gasteiger partial charge in [-0.05, 0) is 39.2 Å². The average Bonchev–Trinajstić information content (AvgIpc) is 3.06. The number of nitrogens with zero attached hydrogens (tertiary/aromatic N) is 1. The van der Waals surface area contributed by atoms with Gasteiger partial charge in [-0.25, -0.2) is 4.98 Å². The van der Waals surface area contributed by atoms with Crippen LogP contribution in [0.15, 0.2) is 4.42 Å². The molecule has 0 bridgehead atoms. The summed E-state index contributed by atoms with van der Waals surface area (Å²) in [6, 6.07) is 0.582. The zero-order valence-corrected chi connectivity index (χ0v) is 9.96. The number of hydrogen-bond donors (Lipinski definition) is 1. The van der Waals surface area contributed by atoms with E-state index in [9.17, 15) is 0 Å². The van der Waals surface area contributed by atoms with Crippen LogP contribution < -0.4 is 5.32 Å². The molecule has 3 rings (SSSR count). The Kier molecular flexibility index (Phi) is 2.72. The fourth-order valence-electron chi connectivity index (χ4n) is 2.60. The Morgan fingerprint density at radius 2 is 2.19 bits per heavy atom. The molecule has 3 nitrogen and oxygen atoms in total. The van der Waals surface area contributed by atoms with Crippen molar-refractivity contribution in [3.63, 3.8) is 0 Å². The van der Waals surface area contributed by atoms with Crippen LogP contribution >= 0.6 is 0 Å². The lowest BCUT2D eigenvalue weighted by Gasteiger charge is -2.21. The van der Waals surface area contributed by atoms with Crippen molar-refractivity contribution in [2.45, 2.75) is 57.4 Å². The number of aromatic nitrogens is 1. The molecule has 3 heteroatoms. The molecular weight excluding hydrogens is 200 g/mol. The molecule has 1 saturated carbocycles. The highest BCUT2D eigenvalue weighted by atomic mass is 16.4. The van der Waals surface area contributed by atoms with Crippen molar-refractivity contribution in [3.05, 3.63) is 17.3 Å². The van der Waals surface area contributed by atoms with Gasteiger partial charge in [0.2, 0.25) is 0 Å². The van der Waals surface area contributed by atoms with Gasteiger partial charge in [-0.15, -0.1) is 0 Å². The van der Waals surface area contributed by atoms with E-state index in [0.717, 1.165) is 24.6 Å². The van der Waals surface area contributed by atoms with Crippen molar-refractivity contribution in [1.82, 2.24) is 10.3 Å². The first-order valence-corrected chi connectivity index (χ1v) is 6.52. The van der Waals surface area contributed by atoms with Crippen LogP contribution in [-0.2, 0) is 6.42 Å². The molecule has 0 spiro atoms. The van der Waals surface area contributed by atoms with Gasteiger partial charge in [0.15, 0.2) is 5.89 Å². The van der Waals surface area contributed by atoms with Crippen molar-refractivity contribution >= 4 is 0 Å². The fourth-order valence-corrected chi connectivity index (χ4v) is 2.60. The Morgan fingerprint density at radius 3 is 2.88 bits per heavy atom. The van der Waals surface area contributed by atoms with E-state index < -0.39 is 0 Å². The second-order valence-electron chi connectivity index (χ2n) is 5.17. The summed E-state index contributed by atoms with van der Waals surface area (Å²) in [4.78, 5) is 4.66. The minimum atomic E-state index is 0.582. The van der Waals surface area contributed by atoms with Gasteiger partial charge >= 0.3 is 0 Å². The van der Waals surface area contributed by atoms with Gasteiger partial charge in [0.1, 0.15) is 5.76 Å². The summed E-state index contributed by atoms with van der Waals surface area (Å²) < 4.78 is 5.77. The molecule has 2 heterocycles. The molecule has 2 fully saturated rings. The van der Waals surface area contributed by atoms with Crippen LogP contribution in [-0.4, -0.2) is 17.6 Å². The number of nitrogens with one attached hydrogen (secondary N) is 1. The molecule has 88 valence electrons. The molecule has 1 atom stereocenters. The minimum Gasteiger partial charge on any atom is -0.446 e. The molecule has 1 aliphatic heterocycles. The second-order valence-corrected chi connectivity index (χ2v) is 5.17. The molecule has 1 N–H and O–H groups in total. The first-order chi connectivity index (χ1) is 7.83. The van der Waals surface area contributed by atoms with E-state index >= 15 is 0 Å². The van der Waals surface area contributed by atoms with Crippen LogP contribution in [0.1, 0.15) is 55.4 Å². The van der Waals surface area contributed by atoms with Crippen LogP contribution in [0.25, 0.3) is 0 Å². The third-order valence-electron chi connectivity index (χ3n) is 3.67. The molecule has 16 heavy (non-hydrogen) atoms. The minimum absolute atomic E-state index is 0.582. The fraction of sp³-hybridized carbons (Fsp3) is 0.769. The van der Waals surface area contributed by atoms with Gasteiger partial charge in [0.25, 0.3) is 0 Å². The van der Waals surface area contributed by atoms with Crippen molar-refractivity contribution in [1.29, 1.82) is 0 Å². The Hall–Kier alpha value is -0.830. The number of hydrogen-bond acceptors (Lipinski definition) is 3. The zero-order valence-electron chi connectivity index (χ0n) is 9.96. The molecule has 1 aliphatic carbocycles. The maximum Gasteiger partial charge on any atom is 0.196 e. The van der Waals surface area contributed by atoms with Gasteiger partial charge in [0.05, 0.1) is 5.69 Å². The normalized spacial score (nSPS) is 25.9. The van der Waals surface area contributed by atoms with Crippen LogP contribution in [0.3, 0.4) is 0 Å².